The first-order chi connectivity index (χ1) is 40.0. The van der Waals surface area contributed by atoms with Crippen LogP contribution in [0.25, 0.3) is 43.6 Å². The third-order valence-electron chi connectivity index (χ3n) is 14.6. The number of rotatable bonds is 12. The normalized spacial score (nSPS) is 13.6. The van der Waals surface area contributed by atoms with Gasteiger partial charge in [0.1, 0.15) is 17.2 Å². The lowest BCUT2D eigenvalue weighted by atomic mass is 10.0. The molecule has 2 fully saturated rings. The zero-order valence-corrected chi connectivity index (χ0v) is 47.5. The van der Waals surface area contributed by atoms with Crippen molar-refractivity contribution < 1.29 is 27.9 Å². The summed E-state index contributed by atoms with van der Waals surface area (Å²) >= 11 is 12.3. The molecule has 12 rings (SSSR count). The Labute approximate surface area is 495 Å². The van der Waals surface area contributed by atoms with Crippen molar-refractivity contribution in [3.63, 3.8) is 0 Å². The molecule has 20 heteroatoms. The summed E-state index contributed by atoms with van der Waals surface area (Å²) < 4.78 is 34.6. The van der Waals surface area contributed by atoms with E-state index < -0.39 is 17.2 Å². The maximum atomic E-state index is 14.6. The molecule has 0 spiro atoms. The fourth-order valence-electron chi connectivity index (χ4n) is 10.3. The van der Waals surface area contributed by atoms with Gasteiger partial charge < -0.3 is 45.4 Å². The average Bonchev–Trinajstić information content (AvgIpc) is 4.24. The number of carbonyl (C=O) groups excluding carboxylic acids is 3. The Morgan fingerprint density at radius 1 is 0.595 bits per heavy atom. The van der Waals surface area contributed by atoms with E-state index in [1.165, 1.54) is 12.1 Å². The van der Waals surface area contributed by atoms with Gasteiger partial charge in [0.2, 0.25) is 0 Å². The summed E-state index contributed by atoms with van der Waals surface area (Å²) in [6.07, 6.45) is 11.1. The van der Waals surface area contributed by atoms with Gasteiger partial charge in [-0.05, 0) is 117 Å². The van der Waals surface area contributed by atoms with Gasteiger partial charge >= 0.3 is 6.09 Å². The van der Waals surface area contributed by atoms with Gasteiger partial charge in [0, 0.05) is 169 Å². The predicted molar refractivity (Wildman–Crippen MR) is 328 cm³/mol. The average molecular weight is 1170 g/mol. The van der Waals surface area contributed by atoms with Crippen LogP contribution in [0.2, 0.25) is 10.0 Å². The molecule has 16 nitrogen and oxygen atoms in total. The summed E-state index contributed by atoms with van der Waals surface area (Å²) in [5.74, 6) is -1.44. The number of nitrogens with one attached hydrogen (secondary N) is 5. The number of pyridine rings is 4. The summed E-state index contributed by atoms with van der Waals surface area (Å²) in [6, 6.07) is 29.5. The highest BCUT2D eigenvalue weighted by molar-refractivity contribution is 6.36. The number of piperazine rings is 2. The van der Waals surface area contributed by atoms with E-state index in [4.69, 9.17) is 27.9 Å². The van der Waals surface area contributed by atoms with Crippen LogP contribution < -0.4 is 25.8 Å². The van der Waals surface area contributed by atoms with E-state index in [1.54, 1.807) is 66.1 Å². The van der Waals surface area contributed by atoms with Crippen molar-refractivity contribution in [3.05, 3.63) is 201 Å². The molecular weight excluding hydrogens is 1110 g/mol. The molecule has 0 saturated carbocycles. The number of anilines is 2. The van der Waals surface area contributed by atoms with Crippen molar-refractivity contribution >= 4 is 96.1 Å². The van der Waals surface area contributed by atoms with Crippen LogP contribution in [0.5, 0.6) is 0 Å². The maximum Gasteiger partial charge on any atom is 0.410 e. The molecule has 0 unspecified atom stereocenters. The number of amides is 3. The van der Waals surface area contributed by atoms with Crippen molar-refractivity contribution in [1.29, 1.82) is 0 Å². The molecule has 0 aliphatic carbocycles. The first-order valence-corrected chi connectivity index (χ1v) is 28.1. The van der Waals surface area contributed by atoms with Gasteiger partial charge in [-0.3, -0.25) is 29.5 Å². The standard InChI is InChI=1S/C34H34ClFN6O3.C29H26ClFN6O.CH4/c1-34(2,3)45-33(44)42-10-8-41(9-11-42)26-15-23-12-21(4-5-30(23)38-19-26)13-25-14-22(6-7-37-25)32(43)40-18-24-16-27-28(35)20-39-31(27)17-29(24)36;30-25-17-35-28-14-26(31)21(13-24(25)28)15-36-29(38)19-3-4-33-22(11-19)10-18-1-2-27-20(9-18)12-23(16-34-27)37-7-5-32-6-8-37;/h4-7,12,14-17,19-20,39H,8-11,13,18H2,1-3H3,(H,40,43);1-4,9,11-14,16-17,32,35H,5-8,10,15H2,(H,36,38);1H4. The predicted octanol–water partition coefficient (Wildman–Crippen LogP) is 12.0. The van der Waals surface area contributed by atoms with Gasteiger partial charge in [-0.1, -0.05) is 42.8 Å². The van der Waals surface area contributed by atoms with E-state index in [-0.39, 0.29) is 38.4 Å². The number of halogens is 4. The molecule has 2 aliphatic heterocycles. The number of nitrogens with zero attached hydrogens (tertiary/aromatic N) is 7. The van der Waals surface area contributed by atoms with Gasteiger partial charge in [0.15, 0.2) is 0 Å². The van der Waals surface area contributed by atoms with Gasteiger partial charge in [0.05, 0.1) is 44.8 Å². The molecule has 5 N–H and O–H groups in total. The number of ether oxygens (including phenoxy) is 1. The Balaban J connectivity index is 0.000000187. The number of hydrogen-bond donors (Lipinski definition) is 5. The van der Waals surface area contributed by atoms with E-state index in [1.807, 2.05) is 57.4 Å². The highest BCUT2D eigenvalue weighted by Crippen LogP contribution is 2.29. The number of hydrogen-bond acceptors (Lipinski definition) is 11. The summed E-state index contributed by atoms with van der Waals surface area (Å²) in [7, 11) is 0. The first kappa shape index (κ1) is 58.5. The minimum atomic E-state index is -0.521. The highest BCUT2D eigenvalue weighted by Gasteiger charge is 2.26. The van der Waals surface area contributed by atoms with Crippen LogP contribution in [0.15, 0.2) is 134 Å². The minimum absolute atomic E-state index is 0. The van der Waals surface area contributed by atoms with Gasteiger partial charge in [0.25, 0.3) is 11.8 Å². The van der Waals surface area contributed by atoms with Gasteiger partial charge in [-0.2, -0.15) is 0 Å². The lowest BCUT2D eigenvalue weighted by Crippen LogP contribution is -2.50. The van der Waals surface area contributed by atoms with Crippen molar-refractivity contribution in [2.75, 3.05) is 62.2 Å². The SMILES string of the molecule is C.CC(C)(C)OC(=O)N1CCN(c2cnc3ccc(Cc4cc(C(=O)NCc5cc6c(Cl)c[nH]c6cc5F)ccn4)cc3c2)CC1.O=C(NCc1cc2c(Cl)c[nH]c2cc1F)c1ccnc(Cc2ccc3ncc(N4CCNCC4)cc3c2)c1. The monoisotopic (exact) mass is 1170 g/mol. The Hall–Kier alpha value is -8.71. The van der Waals surface area contributed by atoms with Crippen LogP contribution in [-0.4, -0.2) is 111 Å². The fourth-order valence-corrected chi connectivity index (χ4v) is 10.7. The van der Waals surface area contributed by atoms with E-state index in [9.17, 15) is 23.2 Å². The van der Waals surface area contributed by atoms with Gasteiger partial charge in [-0.25, -0.2) is 13.6 Å². The second-order valence-corrected chi connectivity index (χ2v) is 22.5. The van der Waals surface area contributed by atoms with Crippen LogP contribution in [0, 0.1) is 11.6 Å². The van der Waals surface area contributed by atoms with Crippen molar-refractivity contribution in [2.45, 2.75) is 59.7 Å². The Bertz CT molecular complexity index is 4060. The smallest absolute Gasteiger partial charge is 0.410 e. The quantitative estimate of drug-likeness (QED) is 0.0783. The van der Waals surface area contributed by atoms with E-state index >= 15 is 0 Å². The van der Waals surface area contributed by atoms with Crippen molar-refractivity contribution in [1.82, 2.24) is 50.8 Å². The molecule has 3 amide bonds. The second-order valence-electron chi connectivity index (χ2n) is 21.7. The maximum absolute atomic E-state index is 14.6. The largest absolute Gasteiger partial charge is 0.444 e. The number of aromatic amines is 2. The third kappa shape index (κ3) is 13.9. The molecule has 2 saturated heterocycles. The number of carbonyl (C=O) groups is 3. The lowest BCUT2D eigenvalue weighted by Gasteiger charge is -2.36. The molecular formula is C64H64Cl2F2N12O4. The number of H-pyrrole nitrogens is 2. The molecule has 432 valence electrons. The van der Waals surface area contributed by atoms with Crippen LogP contribution in [-0.2, 0) is 30.7 Å². The summed E-state index contributed by atoms with van der Waals surface area (Å²) in [4.78, 5) is 68.7. The van der Waals surface area contributed by atoms with Crippen LogP contribution in [0.1, 0.15) is 82.6 Å². The van der Waals surface area contributed by atoms with Crippen LogP contribution in [0.4, 0.5) is 25.0 Å². The van der Waals surface area contributed by atoms with Gasteiger partial charge in [-0.15, -0.1) is 0 Å². The summed E-state index contributed by atoms with van der Waals surface area (Å²) in [5, 5.41) is 13.5. The number of benzene rings is 4. The highest BCUT2D eigenvalue weighted by atomic mass is 35.5. The molecule has 4 aromatic carbocycles. The fraction of sp³-hybridized carbons (Fsp3) is 0.266. The minimum Gasteiger partial charge on any atom is -0.444 e. The zero-order chi connectivity index (χ0) is 57.8. The topological polar surface area (TPSA) is 189 Å². The summed E-state index contributed by atoms with van der Waals surface area (Å²) in [5.41, 5.74) is 9.89. The van der Waals surface area contributed by atoms with Crippen molar-refractivity contribution in [3.8, 4) is 0 Å². The van der Waals surface area contributed by atoms with Crippen LogP contribution >= 0.6 is 23.2 Å². The van der Waals surface area contributed by atoms with Crippen LogP contribution in [0.3, 0.4) is 0 Å². The first-order valence-electron chi connectivity index (χ1n) is 27.4. The summed E-state index contributed by atoms with van der Waals surface area (Å²) in [6.45, 7) is 12.1. The Kier molecular flexibility index (Phi) is 17.7. The molecule has 10 aromatic rings. The zero-order valence-electron chi connectivity index (χ0n) is 46.0. The van der Waals surface area contributed by atoms with E-state index in [0.717, 1.165) is 81.9 Å². The lowest BCUT2D eigenvalue weighted by molar-refractivity contribution is 0.0240. The molecule has 6 aromatic heterocycles. The molecule has 2 aliphatic rings. The van der Waals surface area contributed by atoms with Crippen molar-refractivity contribution in [2.24, 2.45) is 0 Å². The molecule has 8 heterocycles. The molecule has 0 bridgehead atoms. The van der Waals surface area contributed by atoms with E-state index in [0.29, 0.717) is 93.1 Å². The van der Waals surface area contributed by atoms with E-state index in [2.05, 4.69) is 79.9 Å². The molecule has 0 atom stereocenters. The Morgan fingerprint density at radius 3 is 1.52 bits per heavy atom. The number of fused-ring (bicyclic) bond motifs is 4. The second kappa shape index (κ2) is 25.4. The third-order valence-corrected chi connectivity index (χ3v) is 15.3. The Morgan fingerprint density at radius 2 is 1.06 bits per heavy atom. The molecule has 84 heavy (non-hydrogen) atoms. The number of aromatic nitrogens is 6. The molecule has 0 radical (unpaired) electrons.